The van der Waals surface area contributed by atoms with Crippen LogP contribution in [0.25, 0.3) is 0 Å². The molecule has 33 nitrogen and oxygen atoms in total. The van der Waals surface area contributed by atoms with Crippen molar-refractivity contribution in [2.75, 3.05) is 33.0 Å². The van der Waals surface area contributed by atoms with Crippen molar-refractivity contribution in [2.45, 2.75) is 203 Å². The van der Waals surface area contributed by atoms with Gasteiger partial charge in [0.1, 0.15) is 140 Å². The van der Waals surface area contributed by atoms with Crippen LogP contribution in [0.1, 0.15) is 13.3 Å². The van der Waals surface area contributed by atoms with Crippen molar-refractivity contribution >= 4 is 5.97 Å². The van der Waals surface area contributed by atoms with E-state index in [1.807, 2.05) is 0 Å². The minimum absolute atomic E-state index is 0.933. The highest BCUT2D eigenvalue weighted by molar-refractivity contribution is 5.76. The lowest BCUT2D eigenvalue weighted by Gasteiger charge is -2.51. The predicted molar refractivity (Wildman–Crippen MR) is 215 cm³/mol. The van der Waals surface area contributed by atoms with Gasteiger partial charge in [0.15, 0.2) is 31.5 Å². The number of rotatable bonds is 18. The highest BCUT2D eigenvalue weighted by Gasteiger charge is 2.61. The quantitative estimate of drug-likeness (QED) is 0.0606. The van der Waals surface area contributed by atoms with Gasteiger partial charge in [-0.1, -0.05) is 0 Å². The van der Waals surface area contributed by atoms with Gasteiger partial charge in [-0.05, 0) is 6.92 Å². The van der Waals surface area contributed by atoms with Gasteiger partial charge in [0, 0.05) is 6.42 Å². The van der Waals surface area contributed by atoms with Crippen LogP contribution in [-0.2, 0) is 56.9 Å². The zero-order chi connectivity index (χ0) is 53.4. The lowest BCUT2D eigenvalue weighted by molar-refractivity contribution is -0.409. The molecule has 21 N–H and O–H groups in total. The summed E-state index contributed by atoms with van der Waals surface area (Å²) >= 11 is 0. The van der Waals surface area contributed by atoms with E-state index in [9.17, 15) is 112 Å². The van der Waals surface area contributed by atoms with Gasteiger partial charge in [-0.25, -0.2) is 4.79 Å². The number of hydrogen-bond donors (Lipinski definition) is 21. The number of aliphatic hydroxyl groups is 20. The van der Waals surface area contributed by atoms with Gasteiger partial charge in [0.25, 0.3) is 5.79 Å². The van der Waals surface area contributed by atoms with Crippen molar-refractivity contribution < 1.29 is 164 Å². The first-order valence-electron chi connectivity index (χ1n) is 22.6. The maximum Gasteiger partial charge on any atom is 0.364 e. The molecule has 420 valence electrons. The Bertz CT molecular complexity index is 1710. The Morgan fingerprint density at radius 1 is 0.500 bits per heavy atom. The summed E-state index contributed by atoms with van der Waals surface area (Å²) in [5.41, 5.74) is 0. The molecule has 6 fully saturated rings. The third-order valence-electron chi connectivity index (χ3n) is 13.4. The summed E-state index contributed by atoms with van der Waals surface area (Å²) < 4.78 is 61.9. The normalized spacial score (nSPS) is 51.3. The summed E-state index contributed by atoms with van der Waals surface area (Å²) in [6.45, 7) is -4.23. The van der Waals surface area contributed by atoms with E-state index in [-0.39, 0.29) is 0 Å². The molecule has 0 aromatic heterocycles. The third-order valence-corrected chi connectivity index (χ3v) is 13.4. The van der Waals surface area contributed by atoms with Crippen molar-refractivity contribution in [3.05, 3.63) is 0 Å². The van der Waals surface area contributed by atoms with E-state index in [4.69, 9.17) is 52.1 Å². The zero-order valence-electron chi connectivity index (χ0n) is 37.9. The van der Waals surface area contributed by atoms with E-state index in [1.165, 1.54) is 6.92 Å². The molecule has 6 aliphatic rings. The fraction of sp³-hybridized carbons (Fsp3) is 0.974. The first-order valence-corrected chi connectivity index (χ1v) is 22.6. The molecule has 0 bridgehead atoms. The van der Waals surface area contributed by atoms with Crippen LogP contribution in [0.15, 0.2) is 0 Å². The number of carboxylic acid groups (broad SMARTS) is 1. The standard InChI is InChI=1S/C39H66O33/c1-8-15(47)20(52)23(55)34(62-8)70-32-26(58)37(69-29-18(50)11(4-41)64-35(24(29)56)67-27-13(6-43)63-33(59)22(54)21(27)53)66-14(7-44)28(32)68-36-25(57)31(19(51)12(5-42)65-36)72-39(38(60)61)2-9(45)16(48)30(71-39)17(49)10(46)3-40/h8-37,40-59H,2-7H2,1H3,(H,60,61)/t8-,9+,10-,11-,12-,13-,14-,15+,16-,17-,18+,19+,20+,21-,22-,23-,24-,25-,26-,27-,28-,29+,30-,31+,32-,33?,34-,35+,36+,37-,39+/m1/s1. The van der Waals surface area contributed by atoms with Crippen molar-refractivity contribution in [2.24, 2.45) is 0 Å². The molecule has 0 amide bonds. The molecular formula is C39H66O33. The molecule has 31 atom stereocenters. The number of hydrogen-bond acceptors (Lipinski definition) is 32. The molecule has 0 aromatic rings. The number of aliphatic hydroxyl groups excluding tert-OH is 20. The van der Waals surface area contributed by atoms with E-state index < -0.39 is 235 Å². The van der Waals surface area contributed by atoms with Gasteiger partial charge in [-0.2, -0.15) is 0 Å². The van der Waals surface area contributed by atoms with Gasteiger partial charge < -0.3 is 159 Å². The zero-order valence-corrected chi connectivity index (χ0v) is 37.9. The molecule has 0 aliphatic carbocycles. The van der Waals surface area contributed by atoms with Gasteiger partial charge >= 0.3 is 5.97 Å². The van der Waals surface area contributed by atoms with Crippen molar-refractivity contribution in [1.29, 1.82) is 0 Å². The maximum absolute atomic E-state index is 12.9. The molecule has 72 heavy (non-hydrogen) atoms. The van der Waals surface area contributed by atoms with Crippen LogP contribution in [0.4, 0.5) is 0 Å². The van der Waals surface area contributed by atoms with Crippen LogP contribution >= 0.6 is 0 Å². The van der Waals surface area contributed by atoms with E-state index in [0.29, 0.717) is 0 Å². The average Bonchev–Trinajstić information content (AvgIpc) is 3.35. The molecule has 6 aliphatic heterocycles. The van der Waals surface area contributed by atoms with Crippen molar-refractivity contribution in [3.63, 3.8) is 0 Å². The predicted octanol–water partition coefficient (Wildman–Crippen LogP) is -13.9. The van der Waals surface area contributed by atoms with Crippen LogP contribution < -0.4 is 0 Å². The number of carbonyl (C=O) groups is 1. The second-order valence-electron chi connectivity index (χ2n) is 18.2. The fourth-order valence-corrected chi connectivity index (χ4v) is 9.12. The molecule has 33 heteroatoms. The average molecular weight is 1060 g/mol. The minimum Gasteiger partial charge on any atom is -0.477 e. The molecule has 0 aromatic carbocycles. The molecule has 0 saturated carbocycles. The highest BCUT2D eigenvalue weighted by atomic mass is 16.8. The second kappa shape index (κ2) is 24.7. The molecule has 6 saturated heterocycles. The number of aliphatic carboxylic acids is 1. The Morgan fingerprint density at radius 3 is 1.50 bits per heavy atom. The van der Waals surface area contributed by atoms with Crippen LogP contribution in [0.5, 0.6) is 0 Å². The Morgan fingerprint density at radius 2 is 0.958 bits per heavy atom. The smallest absolute Gasteiger partial charge is 0.364 e. The topological polar surface area (TPSA) is 543 Å². The molecule has 0 radical (unpaired) electrons. The van der Waals surface area contributed by atoms with E-state index in [0.717, 1.165) is 0 Å². The van der Waals surface area contributed by atoms with Gasteiger partial charge in [0.05, 0.1) is 45.2 Å². The Balaban J connectivity index is 1.31. The van der Waals surface area contributed by atoms with Gasteiger partial charge in [-0.3, -0.25) is 0 Å². The van der Waals surface area contributed by atoms with E-state index in [1.54, 1.807) is 0 Å². The minimum atomic E-state index is -3.23. The highest BCUT2D eigenvalue weighted by Crippen LogP contribution is 2.40. The summed E-state index contributed by atoms with van der Waals surface area (Å²) in [5.74, 6) is -5.34. The van der Waals surface area contributed by atoms with Crippen LogP contribution in [0.3, 0.4) is 0 Å². The summed E-state index contributed by atoms with van der Waals surface area (Å²) in [7, 11) is 0. The lowest BCUT2D eigenvalue weighted by Crippen LogP contribution is -2.70. The summed E-state index contributed by atoms with van der Waals surface area (Å²) in [5, 5.41) is 223. The number of ether oxygens (including phenoxy) is 11. The van der Waals surface area contributed by atoms with E-state index in [2.05, 4.69) is 0 Å². The summed E-state index contributed by atoms with van der Waals surface area (Å²) in [4.78, 5) is 12.9. The molecular weight excluding hydrogens is 996 g/mol. The molecule has 6 heterocycles. The summed E-state index contributed by atoms with van der Waals surface area (Å²) in [6, 6.07) is 0. The van der Waals surface area contributed by atoms with Crippen molar-refractivity contribution in [3.8, 4) is 0 Å². The van der Waals surface area contributed by atoms with Crippen LogP contribution in [0, 0.1) is 0 Å². The van der Waals surface area contributed by atoms with Gasteiger partial charge in [-0.15, -0.1) is 0 Å². The fourth-order valence-electron chi connectivity index (χ4n) is 9.12. The Hall–Kier alpha value is -1.77. The molecule has 1 unspecified atom stereocenters. The van der Waals surface area contributed by atoms with Crippen molar-refractivity contribution in [1.82, 2.24) is 0 Å². The second-order valence-corrected chi connectivity index (χ2v) is 18.2. The first-order chi connectivity index (χ1) is 33.9. The monoisotopic (exact) mass is 1060 g/mol. The Kier molecular flexibility index (Phi) is 20.4. The van der Waals surface area contributed by atoms with Gasteiger partial charge in [0.2, 0.25) is 0 Å². The molecule has 6 rings (SSSR count). The number of carboxylic acids is 1. The van der Waals surface area contributed by atoms with Crippen LogP contribution in [-0.4, -0.2) is 336 Å². The SMILES string of the molecule is C[C@H]1O[C@H](O[C@@H]2[C@@H](O)[C@@H](O[C@H]3[C@@H](O)[C@@H](CO)O[C@@H](O[C@H]4[C@H](O)[C@@H](O)C(O)O[C@@H]4CO)[C@@H]3O)O[C@H](CO)[C@H]2O[C@@H]2O[C@H](CO)[C@H](O)[C@H](O[C@]3(C(=O)O)C[C@H](O)[C@@H](O)[C@H]([C@H](O)[C@H](O)CO)O3)[C@H]2O)[C@H](O)[C@@H](O)[C@H]1O. The Labute approximate surface area is 406 Å². The molecule has 0 spiro atoms. The van der Waals surface area contributed by atoms with Crippen LogP contribution in [0.2, 0.25) is 0 Å². The summed E-state index contributed by atoms with van der Waals surface area (Å²) in [6.07, 6.45) is -62.8. The first kappa shape index (κ1) is 59.5. The largest absolute Gasteiger partial charge is 0.477 e. The third kappa shape index (κ3) is 11.9. The van der Waals surface area contributed by atoms with E-state index >= 15 is 0 Å². The lowest BCUT2D eigenvalue weighted by atomic mass is 9.90. The maximum atomic E-state index is 12.9.